The van der Waals surface area contributed by atoms with Crippen LogP contribution in [0.4, 0.5) is 11.5 Å². The van der Waals surface area contributed by atoms with Crippen LogP contribution in [0.15, 0.2) is 46.8 Å². The smallest absolute Gasteiger partial charge is 0.309 e. The molecule has 0 fully saturated rings. The van der Waals surface area contributed by atoms with Gasteiger partial charge in [-0.15, -0.1) is 10.2 Å². The molecule has 0 aliphatic heterocycles. The maximum absolute atomic E-state index is 11.2. The van der Waals surface area contributed by atoms with E-state index < -0.39 is 5.97 Å². The third-order valence-corrected chi connectivity index (χ3v) is 3.85. The van der Waals surface area contributed by atoms with Gasteiger partial charge >= 0.3 is 5.97 Å². The fraction of sp³-hybridized carbons (Fsp3) is 0.222. The zero-order valence-electron chi connectivity index (χ0n) is 14.6. The highest BCUT2D eigenvalue weighted by atomic mass is 16.5. The van der Waals surface area contributed by atoms with Gasteiger partial charge in [0.1, 0.15) is 22.8 Å². The summed E-state index contributed by atoms with van der Waals surface area (Å²) in [4.78, 5) is 15.6. The molecule has 26 heavy (non-hydrogen) atoms. The largest absolute Gasteiger partial charge is 0.497 e. The van der Waals surface area contributed by atoms with Gasteiger partial charge in [-0.2, -0.15) is 0 Å². The van der Waals surface area contributed by atoms with Gasteiger partial charge < -0.3 is 14.6 Å². The Morgan fingerprint density at radius 3 is 2.73 bits per heavy atom. The summed E-state index contributed by atoms with van der Waals surface area (Å²) < 4.78 is 12.2. The molecule has 0 amide bonds. The van der Waals surface area contributed by atoms with Crippen molar-refractivity contribution in [1.29, 1.82) is 0 Å². The Balaban J connectivity index is 2.09. The summed E-state index contributed by atoms with van der Waals surface area (Å²) in [5.74, 6) is 0.532. The lowest BCUT2D eigenvalue weighted by molar-refractivity contribution is -0.136. The molecule has 134 valence electrons. The molecule has 3 aromatic rings. The zero-order valence-corrected chi connectivity index (χ0v) is 14.6. The van der Waals surface area contributed by atoms with Gasteiger partial charge in [-0.25, -0.2) is 4.98 Å². The van der Waals surface area contributed by atoms with Crippen molar-refractivity contribution in [1.82, 2.24) is 9.38 Å². The van der Waals surface area contributed by atoms with Crippen LogP contribution in [0, 0.1) is 6.92 Å². The number of carboxylic acid groups (broad SMARTS) is 1. The maximum atomic E-state index is 11.2. The molecular weight excluding hydrogens is 336 g/mol. The predicted molar refractivity (Wildman–Crippen MR) is 95.0 cm³/mol. The number of carboxylic acids is 1. The molecule has 0 saturated heterocycles. The molecule has 0 atom stereocenters. The topological polar surface area (TPSA) is 97.8 Å². The van der Waals surface area contributed by atoms with Crippen molar-refractivity contribution < 1.29 is 19.4 Å². The summed E-state index contributed by atoms with van der Waals surface area (Å²) in [5.41, 5.74) is 2.42. The summed E-state index contributed by atoms with van der Waals surface area (Å²) in [7, 11) is 3.09. The Morgan fingerprint density at radius 2 is 2.04 bits per heavy atom. The summed E-state index contributed by atoms with van der Waals surface area (Å²) in [6, 6.07) is 8.91. The second-order valence-corrected chi connectivity index (χ2v) is 5.58. The number of pyridine rings is 1. The van der Waals surface area contributed by atoms with Gasteiger partial charge in [-0.3, -0.25) is 9.20 Å². The molecule has 8 heteroatoms. The average Bonchev–Trinajstić information content (AvgIpc) is 2.97. The number of aryl methyl sites for hydroxylation is 1. The van der Waals surface area contributed by atoms with Crippen molar-refractivity contribution in [2.24, 2.45) is 10.2 Å². The predicted octanol–water partition coefficient (Wildman–Crippen LogP) is 3.70. The van der Waals surface area contributed by atoms with Crippen LogP contribution in [0.2, 0.25) is 0 Å². The minimum absolute atomic E-state index is 0.241. The molecule has 0 unspecified atom stereocenters. The Labute approximate surface area is 149 Å². The summed E-state index contributed by atoms with van der Waals surface area (Å²) in [5, 5.41) is 17.7. The molecule has 2 aromatic heterocycles. The van der Waals surface area contributed by atoms with Crippen LogP contribution in [-0.2, 0) is 11.2 Å². The molecule has 8 nitrogen and oxygen atoms in total. The standard InChI is InChI=1S/C18H18N4O4/c1-11-5-4-8-22-17(11)19-14(10-16(23)24)18(22)21-20-13-7-6-12(25-2)9-15(13)26-3/h4-9H,10H2,1-3H3,(H,23,24). The normalized spacial score (nSPS) is 11.2. The minimum Gasteiger partial charge on any atom is -0.497 e. The molecular formula is C18H18N4O4. The van der Waals surface area contributed by atoms with Crippen molar-refractivity contribution in [3.8, 4) is 11.5 Å². The number of fused-ring (bicyclic) bond motifs is 1. The van der Waals surface area contributed by atoms with Crippen LogP contribution < -0.4 is 9.47 Å². The first kappa shape index (κ1) is 17.4. The highest BCUT2D eigenvalue weighted by molar-refractivity contribution is 5.72. The van der Waals surface area contributed by atoms with Gasteiger partial charge in [0, 0.05) is 12.3 Å². The molecule has 0 spiro atoms. The van der Waals surface area contributed by atoms with Gasteiger partial charge in [0.15, 0.2) is 5.82 Å². The average molecular weight is 354 g/mol. The van der Waals surface area contributed by atoms with Crippen molar-refractivity contribution >= 4 is 23.1 Å². The number of hydrogen-bond acceptors (Lipinski definition) is 6. The number of carbonyl (C=O) groups is 1. The summed E-state index contributed by atoms with van der Waals surface area (Å²) >= 11 is 0. The number of aromatic nitrogens is 2. The number of rotatable bonds is 6. The molecule has 0 radical (unpaired) electrons. The van der Waals surface area contributed by atoms with Gasteiger partial charge in [-0.1, -0.05) is 6.07 Å². The molecule has 1 N–H and O–H groups in total. The zero-order chi connectivity index (χ0) is 18.7. The van der Waals surface area contributed by atoms with E-state index in [1.807, 2.05) is 19.1 Å². The first-order valence-corrected chi connectivity index (χ1v) is 7.85. The second kappa shape index (κ2) is 7.22. The SMILES string of the molecule is COc1ccc(N=Nc2c(CC(=O)O)nc3c(C)cccn23)c(OC)c1. The van der Waals surface area contributed by atoms with Gasteiger partial charge in [0.25, 0.3) is 0 Å². The molecule has 3 rings (SSSR count). The highest BCUT2D eigenvalue weighted by Gasteiger charge is 2.16. The summed E-state index contributed by atoms with van der Waals surface area (Å²) in [6.45, 7) is 1.90. The third-order valence-electron chi connectivity index (χ3n) is 3.85. The lowest BCUT2D eigenvalue weighted by Crippen LogP contribution is -2.00. The fourth-order valence-corrected chi connectivity index (χ4v) is 2.57. The lowest BCUT2D eigenvalue weighted by atomic mass is 10.3. The molecule has 0 aliphatic rings. The number of benzene rings is 1. The number of methoxy groups -OCH3 is 2. The van der Waals surface area contributed by atoms with Crippen LogP contribution >= 0.6 is 0 Å². The van der Waals surface area contributed by atoms with E-state index in [0.717, 1.165) is 5.56 Å². The van der Waals surface area contributed by atoms with E-state index in [2.05, 4.69) is 15.2 Å². The maximum Gasteiger partial charge on any atom is 0.309 e. The van der Waals surface area contributed by atoms with E-state index in [0.29, 0.717) is 34.3 Å². The van der Waals surface area contributed by atoms with Crippen LogP contribution in [0.5, 0.6) is 11.5 Å². The number of imidazole rings is 1. The third kappa shape index (κ3) is 3.34. The van der Waals surface area contributed by atoms with Crippen molar-refractivity contribution in [3.05, 3.63) is 47.8 Å². The van der Waals surface area contributed by atoms with E-state index in [-0.39, 0.29) is 6.42 Å². The monoisotopic (exact) mass is 354 g/mol. The van der Waals surface area contributed by atoms with Crippen LogP contribution in [-0.4, -0.2) is 34.7 Å². The Bertz CT molecular complexity index is 994. The molecule has 0 bridgehead atoms. The fourth-order valence-electron chi connectivity index (χ4n) is 2.57. The summed E-state index contributed by atoms with van der Waals surface area (Å²) in [6.07, 6.45) is 1.54. The Morgan fingerprint density at radius 1 is 1.23 bits per heavy atom. The van der Waals surface area contributed by atoms with E-state index in [4.69, 9.17) is 14.6 Å². The van der Waals surface area contributed by atoms with Gasteiger partial charge in [-0.05, 0) is 30.7 Å². The van der Waals surface area contributed by atoms with Crippen LogP contribution in [0.1, 0.15) is 11.3 Å². The van der Waals surface area contributed by atoms with Crippen molar-refractivity contribution in [2.75, 3.05) is 14.2 Å². The van der Waals surface area contributed by atoms with Crippen LogP contribution in [0.3, 0.4) is 0 Å². The van der Waals surface area contributed by atoms with E-state index in [1.54, 1.807) is 35.9 Å². The van der Waals surface area contributed by atoms with Gasteiger partial charge in [0.2, 0.25) is 0 Å². The molecule has 0 aliphatic carbocycles. The Hall–Kier alpha value is -3.42. The molecule has 0 saturated carbocycles. The highest BCUT2D eigenvalue weighted by Crippen LogP contribution is 2.33. The van der Waals surface area contributed by atoms with E-state index in [9.17, 15) is 4.79 Å². The number of hydrogen-bond donors (Lipinski definition) is 1. The van der Waals surface area contributed by atoms with Crippen LogP contribution in [0.25, 0.3) is 5.65 Å². The first-order chi connectivity index (χ1) is 12.5. The van der Waals surface area contributed by atoms with Crippen molar-refractivity contribution in [2.45, 2.75) is 13.3 Å². The minimum atomic E-state index is -0.982. The number of aliphatic carboxylic acids is 1. The molecule has 2 heterocycles. The second-order valence-electron chi connectivity index (χ2n) is 5.58. The Kier molecular flexibility index (Phi) is 4.83. The van der Waals surface area contributed by atoms with Crippen molar-refractivity contribution in [3.63, 3.8) is 0 Å². The molecule has 1 aromatic carbocycles. The van der Waals surface area contributed by atoms with Gasteiger partial charge in [0.05, 0.1) is 26.3 Å². The first-order valence-electron chi connectivity index (χ1n) is 7.85. The quantitative estimate of drug-likeness (QED) is 0.681. The van der Waals surface area contributed by atoms with E-state index >= 15 is 0 Å². The number of azo groups is 1. The lowest BCUT2D eigenvalue weighted by Gasteiger charge is -2.06. The number of ether oxygens (including phenoxy) is 2. The van der Waals surface area contributed by atoms with E-state index in [1.165, 1.54) is 7.11 Å². The number of nitrogens with zero attached hydrogens (tertiary/aromatic N) is 4.